The van der Waals surface area contributed by atoms with Crippen LogP contribution >= 0.6 is 0 Å². The van der Waals surface area contributed by atoms with Gasteiger partial charge in [0.1, 0.15) is 19.1 Å². The van der Waals surface area contributed by atoms with Crippen LogP contribution in [0.5, 0.6) is 0 Å². The summed E-state index contributed by atoms with van der Waals surface area (Å²) in [6, 6.07) is 7.98. The minimum atomic E-state index is -1.26. The fourth-order valence-electron chi connectivity index (χ4n) is 1.56. The summed E-state index contributed by atoms with van der Waals surface area (Å²) in [4.78, 5) is 33.7. The van der Waals surface area contributed by atoms with Crippen LogP contribution in [0, 0.1) is 0 Å². The highest BCUT2D eigenvalue weighted by Gasteiger charge is 2.23. The van der Waals surface area contributed by atoms with Gasteiger partial charge >= 0.3 is 12.1 Å². The molecule has 7 nitrogen and oxygen atoms in total. The lowest BCUT2D eigenvalue weighted by atomic mass is 10.1. The second-order valence-electron chi connectivity index (χ2n) is 4.25. The number of ether oxygens (including phenoxy) is 2. The maximum absolute atomic E-state index is 11.6. The van der Waals surface area contributed by atoms with Crippen LogP contribution in [-0.2, 0) is 25.7 Å². The highest BCUT2D eigenvalue weighted by Crippen LogP contribution is 2.01. The van der Waals surface area contributed by atoms with Crippen molar-refractivity contribution in [3.8, 4) is 0 Å². The molecule has 0 saturated heterocycles. The Morgan fingerprint density at radius 1 is 1.24 bits per heavy atom. The van der Waals surface area contributed by atoms with Crippen molar-refractivity contribution >= 4 is 17.8 Å². The summed E-state index contributed by atoms with van der Waals surface area (Å²) in [5.74, 6) is -1.92. The molecule has 21 heavy (non-hydrogen) atoms. The number of amides is 1. The molecule has 0 fully saturated rings. The average molecular weight is 295 g/mol. The third-order valence-electron chi connectivity index (χ3n) is 2.55. The van der Waals surface area contributed by atoms with E-state index in [0.717, 1.165) is 5.56 Å². The molecule has 1 aromatic rings. The number of carbonyl (C=O) groups excluding carboxylic acids is 2. The van der Waals surface area contributed by atoms with E-state index in [0.29, 0.717) is 0 Å². The van der Waals surface area contributed by atoms with Crippen molar-refractivity contribution in [3.63, 3.8) is 0 Å². The molecule has 0 aliphatic carbocycles. The Bertz CT molecular complexity index is 487. The summed E-state index contributed by atoms with van der Waals surface area (Å²) in [5, 5.41) is 10.9. The molecule has 1 amide bonds. The predicted molar refractivity (Wildman–Crippen MR) is 72.7 cm³/mol. The molecule has 0 heterocycles. The number of alkyl carbamates (subject to hydrolysis) is 1. The molecule has 0 aromatic heterocycles. The summed E-state index contributed by atoms with van der Waals surface area (Å²) < 4.78 is 9.74. The van der Waals surface area contributed by atoms with E-state index in [9.17, 15) is 14.4 Å². The SMILES string of the molecule is COC[C@H](NC(=O)OCc1ccccc1)C(=O)CC(=O)O. The molecule has 114 valence electrons. The molecule has 0 saturated carbocycles. The number of carboxylic acid groups (broad SMARTS) is 1. The molecular formula is C14H17NO6. The molecule has 2 N–H and O–H groups in total. The number of ketones is 1. The molecular weight excluding hydrogens is 278 g/mol. The molecule has 7 heteroatoms. The van der Waals surface area contributed by atoms with Crippen molar-refractivity contribution in [2.75, 3.05) is 13.7 Å². The van der Waals surface area contributed by atoms with Crippen LogP contribution in [0.3, 0.4) is 0 Å². The Hall–Kier alpha value is -2.41. The zero-order valence-corrected chi connectivity index (χ0v) is 11.6. The number of carboxylic acids is 1. The lowest BCUT2D eigenvalue weighted by Crippen LogP contribution is -2.44. The highest BCUT2D eigenvalue weighted by molar-refractivity contribution is 5.99. The lowest BCUT2D eigenvalue weighted by Gasteiger charge is -2.16. The lowest BCUT2D eigenvalue weighted by molar-refractivity contribution is -0.141. The molecule has 1 rings (SSSR count). The zero-order valence-electron chi connectivity index (χ0n) is 11.6. The second kappa shape index (κ2) is 8.70. The minimum Gasteiger partial charge on any atom is -0.481 e. The Labute approximate surface area is 121 Å². The topological polar surface area (TPSA) is 102 Å². The largest absolute Gasteiger partial charge is 0.481 e. The van der Waals surface area contributed by atoms with Crippen molar-refractivity contribution < 1.29 is 29.0 Å². The van der Waals surface area contributed by atoms with Gasteiger partial charge in [0, 0.05) is 7.11 Å². The Kier molecular flexibility index (Phi) is 6.90. The van der Waals surface area contributed by atoms with Gasteiger partial charge in [-0.1, -0.05) is 30.3 Å². The Morgan fingerprint density at radius 2 is 1.90 bits per heavy atom. The number of methoxy groups -OCH3 is 1. The first kappa shape index (κ1) is 16.6. The third-order valence-corrected chi connectivity index (χ3v) is 2.55. The monoisotopic (exact) mass is 295 g/mol. The zero-order chi connectivity index (χ0) is 15.7. The predicted octanol–water partition coefficient (Wildman–Crippen LogP) is 0.972. The summed E-state index contributed by atoms with van der Waals surface area (Å²) in [5.41, 5.74) is 0.799. The van der Waals surface area contributed by atoms with Crippen LogP contribution in [0.4, 0.5) is 4.79 Å². The van der Waals surface area contributed by atoms with Gasteiger partial charge in [0.05, 0.1) is 6.61 Å². The van der Waals surface area contributed by atoms with Crippen molar-refractivity contribution in [1.29, 1.82) is 0 Å². The van der Waals surface area contributed by atoms with Crippen molar-refractivity contribution in [1.82, 2.24) is 5.32 Å². The van der Waals surface area contributed by atoms with E-state index in [4.69, 9.17) is 14.6 Å². The van der Waals surface area contributed by atoms with E-state index in [1.807, 2.05) is 6.07 Å². The van der Waals surface area contributed by atoms with Gasteiger partial charge in [0.25, 0.3) is 0 Å². The Balaban J connectivity index is 2.48. The number of hydrogen-bond acceptors (Lipinski definition) is 5. The minimum absolute atomic E-state index is 0.0551. The van der Waals surface area contributed by atoms with Gasteiger partial charge in [0.15, 0.2) is 5.78 Å². The van der Waals surface area contributed by atoms with Gasteiger partial charge in [-0.05, 0) is 5.56 Å². The second-order valence-corrected chi connectivity index (χ2v) is 4.25. The number of rotatable bonds is 8. The van der Waals surface area contributed by atoms with E-state index in [2.05, 4.69) is 5.32 Å². The van der Waals surface area contributed by atoms with Crippen LogP contribution in [0.1, 0.15) is 12.0 Å². The summed E-state index contributed by atoms with van der Waals surface area (Å²) in [6.45, 7) is -0.0634. The van der Waals surface area contributed by atoms with Crippen LogP contribution in [0.25, 0.3) is 0 Å². The number of hydrogen-bond donors (Lipinski definition) is 2. The van der Waals surface area contributed by atoms with Crippen LogP contribution < -0.4 is 5.32 Å². The maximum Gasteiger partial charge on any atom is 0.408 e. The number of aliphatic carboxylic acids is 1. The molecule has 0 bridgehead atoms. The summed E-state index contributed by atoms with van der Waals surface area (Å²) in [6.07, 6.45) is -1.49. The first-order valence-electron chi connectivity index (χ1n) is 6.23. The number of nitrogens with one attached hydrogen (secondary N) is 1. The molecule has 1 atom stereocenters. The quantitative estimate of drug-likeness (QED) is 0.693. The first-order valence-corrected chi connectivity index (χ1v) is 6.23. The van der Waals surface area contributed by atoms with Crippen molar-refractivity contribution in [2.45, 2.75) is 19.1 Å². The average Bonchev–Trinajstić information content (AvgIpc) is 2.45. The standard InChI is InChI=1S/C14H17NO6/c1-20-9-11(12(16)7-13(17)18)15-14(19)21-8-10-5-3-2-4-6-10/h2-6,11H,7-9H2,1H3,(H,15,19)(H,17,18)/t11-/m0/s1. The fraction of sp³-hybridized carbons (Fsp3) is 0.357. The molecule has 0 unspecified atom stereocenters. The van der Waals surface area contributed by atoms with Gasteiger partial charge in [-0.25, -0.2) is 4.79 Å². The number of Topliss-reactive ketones (excluding diaryl/α,β-unsaturated/α-hetero) is 1. The first-order chi connectivity index (χ1) is 10.0. The van der Waals surface area contributed by atoms with Gasteiger partial charge in [-0.15, -0.1) is 0 Å². The number of carbonyl (C=O) groups is 3. The van der Waals surface area contributed by atoms with Crippen molar-refractivity contribution in [3.05, 3.63) is 35.9 Å². The number of benzene rings is 1. The maximum atomic E-state index is 11.6. The van der Waals surface area contributed by atoms with Gasteiger partial charge in [0.2, 0.25) is 0 Å². The summed E-state index contributed by atoms with van der Waals surface area (Å²) >= 11 is 0. The van der Waals surface area contributed by atoms with E-state index < -0.39 is 30.3 Å². The van der Waals surface area contributed by atoms with E-state index in [1.54, 1.807) is 24.3 Å². The Morgan fingerprint density at radius 3 is 2.48 bits per heavy atom. The fourth-order valence-corrected chi connectivity index (χ4v) is 1.56. The van der Waals surface area contributed by atoms with Gasteiger partial charge in [-0.3, -0.25) is 9.59 Å². The molecule has 0 spiro atoms. The van der Waals surface area contributed by atoms with E-state index >= 15 is 0 Å². The van der Waals surface area contributed by atoms with E-state index in [1.165, 1.54) is 7.11 Å². The van der Waals surface area contributed by atoms with Crippen molar-refractivity contribution in [2.24, 2.45) is 0 Å². The van der Waals surface area contributed by atoms with E-state index in [-0.39, 0.29) is 13.2 Å². The molecule has 1 aromatic carbocycles. The van der Waals surface area contributed by atoms with Crippen LogP contribution in [0.2, 0.25) is 0 Å². The summed E-state index contributed by atoms with van der Waals surface area (Å²) in [7, 11) is 1.35. The van der Waals surface area contributed by atoms with Gasteiger partial charge in [-0.2, -0.15) is 0 Å². The van der Waals surface area contributed by atoms with Crippen LogP contribution in [-0.4, -0.2) is 42.7 Å². The normalized spacial score (nSPS) is 11.5. The molecule has 0 aliphatic heterocycles. The smallest absolute Gasteiger partial charge is 0.408 e. The van der Waals surface area contributed by atoms with Crippen LogP contribution in [0.15, 0.2) is 30.3 Å². The molecule has 0 radical (unpaired) electrons. The third kappa shape index (κ3) is 6.53. The molecule has 0 aliphatic rings. The highest BCUT2D eigenvalue weighted by atomic mass is 16.5. The van der Waals surface area contributed by atoms with Gasteiger partial charge < -0.3 is 19.9 Å².